The minimum atomic E-state index is -1.99. The third kappa shape index (κ3) is 11.6. The van der Waals surface area contributed by atoms with Gasteiger partial charge in [0.05, 0.1) is 28.7 Å². The number of carbonyl (C=O) groups is 3. The Morgan fingerprint density at radius 3 is 2.00 bits per heavy atom. The van der Waals surface area contributed by atoms with Gasteiger partial charge in [-0.1, -0.05) is 104 Å². The van der Waals surface area contributed by atoms with Gasteiger partial charge in [0, 0.05) is 6.54 Å². The second-order valence-electron chi connectivity index (χ2n) is 11.3. The van der Waals surface area contributed by atoms with Crippen LogP contribution in [0, 0.1) is 5.92 Å². The predicted octanol–water partition coefficient (Wildman–Crippen LogP) is 3.46. The summed E-state index contributed by atoms with van der Waals surface area (Å²) in [6.45, 7) is 3.26. The molecule has 46 heavy (non-hydrogen) atoms. The smallest absolute Gasteiger partial charge is 0.407 e. The quantitative estimate of drug-likeness (QED) is 0.136. The summed E-state index contributed by atoms with van der Waals surface area (Å²) < 4.78 is 5.46. The molecule has 0 aliphatic carbocycles. The van der Waals surface area contributed by atoms with Crippen LogP contribution in [0.2, 0.25) is 10.0 Å². The lowest BCUT2D eigenvalue weighted by Crippen LogP contribution is -2.57. The summed E-state index contributed by atoms with van der Waals surface area (Å²) in [5, 5.41) is 40.3. The average Bonchev–Trinajstić information content (AvgIpc) is 3.04. The zero-order valence-corrected chi connectivity index (χ0v) is 27.2. The molecule has 3 aromatic rings. The van der Waals surface area contributed by atoms with Crippen molar-refractivity contribution in [2.45, 2.75) is 63.5 Å². The molecule has 0 aliphatic heterocycles. The van der Waals surface area contributed by atoms with Gasteiger partial charge in [-0.2, -0.15) is 0 Å². The first kappa shape index (κ1) is 36.8. The van der Waals surface area contributed by atoms with Crippen molar-refractivity contribution in [1.82, 2.24) is 16.0 Å². The number of alkyl carbamates (subject to hydrolysis) is 1. The summed E-state index contributed by atoms with van der Waals surface area (Å²) in [7, 11) is 0. The van der Waals surface area contributed by atoms with Crippen molar-refractivity contribution in [2.24, 2.45) is 5.92 Å². The number of ether oxygens (including phenoxy) is 1. The van der Waals surface area contributed by atoms with Crippen LogP contribution < -0.4 is 16.0 Å². The molecule has 0 radical (unpaired) electrons. The highest BCUT2D eigenvalue weighted by atomic mass is 35.5. The summed E-state index contributed by atoms with van der Waals surface area (Å²) in [5.41, 5.74) is 2.42. The number of hydrogen-bond donors (Lipinski definition) is 6. The van der Waals surface area contributed by atoms with Crippen LogP contribution >= 0.6 is 23.2 Å². The van der Waals surface area contributed by atoms with Crippen LogP contribution in [0.1, 0.15) is 30.5 Å². The lowest BCUT2D eigenvalue weighted by atomic mass is 9.96. The largest absolute Gasteiger partial charge is 0.436 e. The van der Waals surface area contributed by atoms with Crippen LogP contribution in [-0.4, -0.2) is 76.8 Å². The molecule has 3 rings (SSSR count). The molecule has 6 N–H and O–H groups in total. The second-order valence-corrected chi connectivity index (χ2v) is 12.1. The molecular weight excluding hydrogens is 633 g/mol. The lowest BCUT2D eigenvalue weighted by molar-refractivity contribution is -0.141. The van der Waals surface area contributed by atoms with Crippen molar-refractivity contribution in [3.8, 4) is 0 Å². The fourth-order valence-electron chi connectivity index (χ4n) is 4.77. The number of aliphatic hydroxyl groups is 3. The van der Waals surface area contributed by atoms with E-state index in [1.54, 1.807) is 32.0 Å². The van der Waals surface area contributed by atoms with Crippen LogP contribution in [0.15, 0.2) is 78.9 Å². The summed E-state index contributed by atoms with van der Waals surface area (Å²) in [4.78, 5) is 39.1. The Morgan fingerprint density at radius 1 is 0.783 bits per heavy atom. The molecule has 0 aromatic heterocycles. The Bertz CT molecular complexity index is 1410. The van der Waals surface area contributed by atoms with E-state index in [2.05, 4.69) is 16.0 Å². The highest BCUT2D eigenvalue weighted by Crippen LogP contribution is 2.24. The van der Waals surface area contributed by atoms with Gasteiger partial charge < -0.3 is 36.0 Å². The first-order valence-corrected chi connectivity index (χ1v) is 15.8. The van der Waals surface area contributed by atoms with E-state index in [-0.39, 0.29) is 24.4 Å². The molecular formula is C34H41Cl2N3O7. The first-order valence-electron chi connectivity index (χ1n) is 15.0. The van der Waals surface area contributed by atoms with Gasteiger partial charge in [-0.25, -0.2) is 4.79 Å². The molecule has 0 spiro atoms. The van der Waals surface area contributed by atoms with Gasteiger partial charge >= 0.3 is 6.09 Å². The lowest BCUT2D eigenvalue weighted by Gasteiger charge is -2.30. The fourth-order valence-corrected chi connectivity index (χ4v) is 5.09. The Labute approximate surface area is 279 Å². The van der Waals surface area contributed by atoms with E-state index in [0.29, 0.717) is 17.0 Å². The standard InChI is InChI=1S/C34H41Cl2N3O7/c1-21(2)31(46-34(45)37-16-15-22-9-5-3-6-10-22)33(44)39-28(19-24-13-14-26(35)27(36)18-24)29(41)30(42)32(43)38-25(20-40)17-23-11-7-4-8-12-23/h3-14,18,21,25,28-31,40-42H,15-17,19-20H2,1-2H3,(H,37,45)(H,38,43)(H,39,44). The molecule has 0 saturated heterocycles. The van der Waals surface area contributed by atoms with Crippen molar-refractivity contribution in [3.63, 3.8) is 0 Å². The highest BCUT2D eigenvalue weighted by Gasteiger charge is 2.36. The zero-order chi connectivity index (χ0) is 33.6. The predicted molar refractivity (Wildman–Crippen MR) is 177 cm³/mol. The molecule has 0 heterocycles. The maximum Gasteiger partial charge on any atom is 0.407 e. The summed E-state index contributed by atoms with van der Waals surface area (Å²) in [5.74, 6) is -2.13. The van der Waals surface area contributed by atoms with Gasteiger partial charge in [-0.3, -0.25) is 9.59 Å². The molecule has 0 saturated carbocycles. The molecule has 12 heteroatoms. The Morgan fingerprint density at radius 2 is 1.41 bits per heavy atom. The van der Waals surface area contributed by atoms with Crippen molar-refractivity contribution >= 4 is 41.1 Å². The normalized spacial score (nSPS) is 14.4. The number of carbonyl (C=O) groups excluding carboxylic acids is 3. The highest BCUT2D eigenvalue weighted by molar-refractivity contribution is 6.42. The maximum absolute atomic E-state index is 13.5. The van der Waals surface area contributed by atoms with Crippen LogP contribution in [0.25, 0.3) is 0 Å². The minimum Gasteiger partial charge on any atom is -0.436 e. The summed E-state index contributed by atoms with van der Waals surface area (Å²) in [6, 6.07) is 21.4. The van der Waals surface area contributed by atoms with E-state index >= 15 is 0 Å². The molecule has 0 fully saturated rings. The van der Waals surface area contributed by atoms with Crippen LogP contribution in [0.3, 0.4) is 0 Å². The Kier molecular flexibility index (Phi) is 14.8. The van der Waals surface area contributed by atoms with Crippen molar-refractivity contribution < 1.29 is 34.4 Å². The first-order chi connectivity index (χ1) is 22.0. The van der Waals surface area contributed by atoms with Gasteiger partial charge in [0.25, 0.3) is 11.8 Å². The van der Waals surface area contributed by atoms with E-state index in [1.165, 1.54) is 0 Å². The van der Waals surface area contributed by atoms with E-state index in [4.69, 9.17) is 27.9 Å². The number of hydrogen-bond acceptors (Lipinski definition) is 7. The molecule has 248 valence electrons. The van der Waals surface area contributed by atoms with Gasteiger partial charge in [-0.05, 0) is 54.0 Å². The van der Waals surface area contributed by atoms with Crippen LogP contribution in [0.4, 0.5) is 4.79 Å². The Balaban J connectivity index is 1.71. The third-order valence-corrected chi connectivity index (χ3v) is 8.03. The molecule has 5 unspecified atom stereocenters. The third-order valence-electron chi connectivity index (χ3n) is 7.29. The maximum atomic E-state index is 13.5. The van der Waals surface area contributed by atoms with Crippen molar-refractivity contribution in [3.05, 3.63) is 106 Å². The molecule has 5 atom stereocenters. The van der Waals surface area contributed by atoms with Gasteiger partial charge in [-0.15, -0.1) is 0 Å². The molecule has 3 amide bonds. The summed E-state index contributed by atoms with van der Waals surface area (Å²) in [6.07, 6.45) is -5.05. The van der Waals surface area contributed by atoms with E-state index in [9.17, 15) is 29.7 Å². The van der Waals surface area contributed by atoms with Gasteiger partial charge in [0.2, 0.25) is 0 Å². The second kappa shape index (κ2) is 18.5. The summed E-state index contributed by atoms with van der Waals surface area (Å²) >= 11 is 12.2. The zero-order valence-electron chi connectivity index (χ0n) is 25.7. The number of aliphatic hydroxyl groups excluding tert-OH is 3. The number of halogens is 2. The minimum absolute atomic E-state index is 0.0599. The Hall–Kier alpha value is -3.67. The van der Waals surface area contributed by atoms with Gasteiger partial charge in [0.15, 0.2) is 12.2 Å². The van der Waals surface area contributed by atoms with E-state index in [0.717, 1.165) is 11.1 Å². The number of rotatable bonds is 16. The van der Waals surface area contributed by atoms with Gasteiger partial charge in [0.1, 0.15) is 6.10 Å². The SMILES string of the molecule is CC(C)C(OC(=O)NCCc1ccccc1)C(=O)NC(Cc1ccc(Cl)c(Cl)c1)C(O)C(O)C(=O)NC(CO)Cc1ccccc1. The van der Waals surface area contributed by atoms with Crippen LogP contribution in [-0.2, 0) is 33.6 Å². The van der Waals surface area contributed by atoms with Crippen LogP contribution in [0.5, 0.6) is 0 Å². The van der Waals surface area contributed by atoms with E-state index < -0.39 is 60.8 Å². The fraction of sp³-hybridized carbons (Fsp3) is 0.382. The topological polar surface area (TPSA) is 157 Å². The molecule has 0 bridgehead atoms. The number of nitrogens with one attached hydrogen (secondary N) is 3. The number of amides is 3. The molecule has 3 aromatic carbocycles. The molecule has 0 aliphatic rings. The van der Waals surface area contributed by atoms with E-state index in [1.807, 2.05) is 60.7 Å². The van der Waals surface area contributed by atoms with Crippen molar-refractivity contribution in [2.75, 3.05) is 13.2 Å². The molecule has 10 nitrogen and oxygen atoms in total. The average molecular weight is 675 g/mol. The van der Waals surface area contributed by atoms with Crippen molar-refractivity contribution in [1.29, 1.82) is 0 Å². The monoisotopic (exact) mass is 673 g/mol. The number of benzene rings is 3.